The summed E-state index contributed by atoms with van der Waals surface area (Å²) in [5, 5.41) is 4.22. The number of carbonyl (C=O) groups excluding carboxylic acids is 1. The zero-order valence-electron chi connectivity index (χ0n) is 16.7. The smallest absolute Gasteiger partial charge is 0.332 e. The summed E-state index contributed by atoms with van der Waals surface area (Å²) in [4.78, 5) is 23.1. The van der Waals surface area contributed by atoms with Gasteiger partial charge in [0.15, 0.2) is 5.69 Å². The number of nitrogens with zero attached hydrogens (tertiary/aromatic N) is 3. The van der Waals surface area contributed by atoms with Crippen LogP contribution >= 0.6 is 0 Å². The van der Waals surface area contributed by atoms with Gasteiger partial charge in [-0.1, -0.05) is 29.4 Å². The quantitative estimate of drug-likeness (QED) is 0.556. The molecule has 7 nitrogen and oxygen atoms in total. The molecule has 2 unspecified atom stereocenters. The number of benzene rings is 1. The second kappa shape index (κ2) is 8.72. The number of hydrogen-bond donors (Lipinski definition) is 0. The van der Waals surface area contributed by atoms with Crippen molar-refractivity contribution in [2.75, 3.05) is 26.2 Å². The summed E-state index contributed by atoms with van der Waals surface area (Å²) in [5.74, 6) is -0.327. The highest BCUT2D eigenvalue weighted by Gasteiger charge is 2.30. The van der Waals surface area contributed by atoms with Crippen LogP contribution in [0, 0.1) is 6.57 Å². The summed E-state index contributed by atoms with van der Waals surface area (Å²) in [6.45, 7) is 15.0. The average Bonchev–Trinajstić information content (AvgIpc) is 3.29. The van der Waals surface area contributed by atoms with E-state index in [0.717, 1.165) is 43.8 Å². The van der Waals surface area contributed by atoms with Crippen molar-refractivity contribution in [3.63, 3.8) is 0 Å². The lowest BCUT2D eigenvalue weighted by Gasteiger charge is -2.21. The van der Waals surface area contributed by atoms with E-state index >= 15 is 0 Å². The Morgan fingerprint density at radius 3 is 2.79 bits per heavy atom. The van der Waals surface area contributed by atoms with Crippen LogP contribution in [-0.4, -0.2) is 60.6 Å². The van der Waals surface area contributed by atoms with Gasteiger partial charge in [-0.2, -0.15) is 0 Å². The maximum atomic E-state index is 11.8. The Balaban J connectivity index is 1.39. The first-order chi connectivity index (χ1) is 13.3. The first-order valence-corrected chi connectivity index (χ1v) is 9.59. The molecule has 2 aliphatic rings. The third-order valence-corrected chi connectivity index (χ3v) is 4.61. The third kappa shape index (κ3) is 5.78. The highest BCUT2D eigenvalue weighted by molar-refractivity contribution is 6.01. The number of ether oxygens (including phenoxy) is 2. The highest BCUT2D eigenvalue weighted by atomic mass is 16.6. The molecule has 0 bridgehead atoms. The van der Waals surface area contributed by atoms with Gasteiger partial charge in [-0.25, -0.2) is 9.64 Å². The predicted molar refractivity (Wildman–Crippen MR) is 105 cm³/mol. The largest absolute Gasteiger partial charge is 0.458 e. The molecule has 150 valence electrons. The molecule has 0 radical (unpaired) electrons. The van der Waals surface area contributed by atoms with Gasteiger partial charge in [0.1, 0.15) is 18.3 Å². The fraction of sp³-hybridized carbons (Fsp3) is 0.571. The molecule has 3 rings (SSSR count). The molecule has 1 aromatic rings. The molecule has 0 aromatic heterocycles. The zero-order chi connectivity index (χ0) is 20.1. The second-order valence-electron chi connectivity index (χ2n) is 8.20. The number of hydrogen-bond acceptors (Lipinski definition) is 6. The lowest BCUT2D eigenvalue weighted by Crippen LogP contribution is -2.33. The van der Waals surface area contributed by atoms with Crippen LogP contribution in [0.1, 0.15) is 39.2 Å². The van der Waals surface area contributed by atoms with E-state index in [1.54, 1.807) is 12.1 Å². The van der Waals surface area contributed by atoms with E-state index in [9.17, 15) is 4.79 Å². The molecular weight excluding hydrogens is 358 g/mol. The highest BCUT2D eigenvalue weighted by Crippen LogP contribution is 2.22. The summed E-state index contributed by atoms with van der Waals surface area (Å²) in [6.07, 6.45) is 1.69. The zero-order valence-corrected chi connectivity index (χ0v) is 16.7. The van der Waals surface area contributed by atoms with Gasteiger partial charge in [0.25, 0.3) is 0 Å². The molecule has 0 spiro atoms. The Hall–Kier alpha value is -2.43. The summed E-state index contributed by atoms with van der Waals surface area (Å²) in [5.41, 5.74) is 2.04. The summed E-state index contributed by atoms with van der Waals surface area (Å²) >= 11 is 0. The summed E-state index contributed by atoms with van der Waals surface area (Å²) < 4.78 is 11.0. The van der Waals surface area contributed by atoms with Crippen molar-refractivity contribution in [1.29, 1.82) is 0 Å². The first kappa shape index (κ1) is 20.3. The normalized spacial score (nSPS) is 22.4. The molecule has 2 atom stereocenters. The van der Waals surface area contributed by atoms with Crippen LogP contribution in [0.5, 0.6) is 0 Å². The molecule has 1 saturated heterocycles. The fourth-order valence-electron chi connectivity index (χ4n) is 3.37. The van der Waals surface area contributed by atoms with Gasteiger partial charge >= 0.3 is 5.97 Å². The number of carbonyl (C=O) groups is 1. The molecule has 0 amide bonds. The monoisotopic (exact) mass is 385 g/mol. The van der Waals surface area contributed by atoms with Gasteiger partial charge in [-0.3, -0.25) is 4.90 Å². The van der Waals surface area contributed by atoms with Crippen molar-refractivity contribution >= 4 is 17.4 Å². The van der Waals surface area contributed by atoms with Crippen LogP contribution in [0.25, 0.3) is 4.85 Å². The Morgan fingerprint density at radius 1 is 1.36 bits per heavy atom. The minimum absolute atomic E-state index is 0.0104. The minimum Gasteiger partial charge on any atom is -0.458 e. The number of rotatable bonds is 6. The molecule has 0 aliphatic carbocycles. The topological polar surface area (TPSA) is 64.7 Å². The van der Waals surface area contributed by atoms with Gasteiger partial charge in [-0.15, -0.1) is 0 Å². The van der Waals surface area contributed by atoms with Crippen molar-refractivity contribution in [2.24, 2.45) is 5.16 Å². The van der Waals surface area contributed by atoms with Crippen molar-refractivity contribution in [3.05, 3.63) is 41.2 Å². The third-order valence-electron chi connectivity index (χ3n) is 4.61. The summed E-state index contributed by atoms with van der Waals surface area (Å²) in [6, 6.07) is 7.42. The van der Waals surface area contributed by atoms with E-state index in [4.69, 9.17) is 20.9 Å². The van der Waals surface area contributed by atoms with Crippen molar-refractivity contribution in [1.82, 2.24) is 4.90 Å². The fourth-order valence-corrected chi connectivity index (χ4v) is 3.37. The number of esters is 1. The van der Waals surface area contributed by atoms with Gasteiger partial charge in [0, 0.05) is 26.1 Å². The lowest BCUT2D eigenvalue weighted by atomic mass is 10.0. The molecule has 2 aliphatic heterocycles. The van der Waals surface area contributed by atoms with E-state index in [0.29, 0.717) is 5.69 Å². The number of oxime groups is 1. The van der Waals surface area contributed by atoms with E-state index in [1.807, 2.05) is 32.9 Å². The van der Waals surface area contributed by atoms with Crippen LogP contribution in [0.15, 0.2) is 29.4 Å². The van der Waals surface area contributed by atoms with Gasteiger partial charge in [0.05, 0.1) is 18.4 Å². The molecule has 1 aromatic carbocycles. The predicted octanol–water partition coefficient (Wildman–Crippen LogP) is 3.16. The molecular formula is C21H27N3O4. The van der Waals surface area contributed by atoms with Crippen molar-refractivity contribution in [2.45, 2.75) is 51.4 Å². The molecule has 0 saturated carbocycles. The Kier molecular flexibility index (Phi) is 6.32. The lowest BCUT2D eigenvalue weighted by molar-refractivity contribution is -0.162. The average molecular weight is 385 g/mol. The Morgan fingerprint density at radius 2 is 2.11 bits per heavy atom. The molecule has 2 heterocycles. The van der Waals surface area contributed by atoms with Gasteiger partial charge in [-0.05, 0) is 32.8 Å². The van der Waals surface area contributed by atoms with Gasteiger partial charge < -0.3 is 14.3 Å². The van der Waals surface area contributed by atoms with Crippen LogP contribution in [0.4, 0.5) is 5.69 Å². The molecule has 7 heteroatoms. The summed E-state index contributed by atoms with van der Waals surface area (Å²) in [7, 11) is 0. The van der Waals surface area contributed by atoms with E-state index in [-0.39, 0.29) is 24.8 Å². The number of likely N-dealkylation sites (tertiary alicyclic amines) is 1. The second-order valence-corrected chi connectivity index (χ2v) is 8.20. The van der Waals surface area contributed by atoms with Crippen LogP contribution in [-0.2, 0) is 19.1 Å². The molecule has 28 heavy (non-hydrogen) atoms. The Bertz CT molecular complexity index is 761. The molecule has 1 fully saturated rings. The van der Waals surface area contributed by atoms with Crippen LogP contribution in [0.2, 0.25) is 0 Å². The van der Waals surface area contributed by atoms with Crippen molar-refractivity contribution in [3.8, 4) is 0 Å². The maximum absolute atomic E-state index is 11.8. The van der Waals surface area contributed by atoms with Crippen molar-refractivity contribution < 1.29 is 19.1 Å². The maximum Gasteiger partial charge on any atom is 0.332 e. The first-order valence-electron chi connectivity index (χ1n) is 9.59. The molecule has 0 N–H and O–H groups in total. The SMILES string of the molecule is [C-]#[N+]c1ccc(C2=NOC(CN3CCC(OCC(=O)OC(C)(C)C)C3)C2)cc1. The van der Waals surface area contributed by atoms with E-state index < -0.39 is 5.60 Å². The van der Waals surface area contributed by atoms with E-state index in [1.165, 1.54) is 0 Å². The van der Waals surface area contributed by atoms with Gasteiger partial charge in [0.2, 0.25) is 0 Å². The van der Waals surface area contributed by atoms with Crippen LogP contribution in [0.3, 0.4) is 0 Å². The Labute approximate surface area is 166 Å². The van der Waals surface area contributed by atoms with E-state index in [2.05, 4.69) is 14.9 Å². The minimum atomic E-state index is -0.490. The standard InChI is InChI=1S/C21H27N3O4/c1-21(2,3)27-20(25)14-26-17-9-10-24(12-17)13-18-11-19(23-28-18)15-5-7-16(22-4)8-6-15/h5-8,17-18H,9-14H2,1-3H3. The van der Waals surface area contributed by atoms with Crippen LogP contribution < -0.4 is 0 Å².